The average molecular weight is 171 g/mol. The maximum absolute atomic E-state index is 3.46. The van der Waals surface area contributed by atoms with E-state index >= 15 is 0 Å². The van der Waals surface area contributed by atoms with E-state index in [4.69, 9.17) is 0 Å². The number of hydrogen-bond donors (Lipinski definition) is 1. The molecule has 1 atom stereocenters. The van der Waals surface area contributed by atoms with Crippen LogP contribution in [0.1, 0.15) is 17.5 Å². The lowest BCUT2D eigenvalue weighted by Crippen LogP contribution is -2.13. The minimum absolute atomic E-state index is 0.773. The molecule has 1 heterocycles. The Morgan fingerprint density at radius 2 is 2.15 bits per heavy atom. The first-order valence-corrected chi connectivity index (χ1v) is 4.97. The standard InChI is InChI=1S/C12H13N/c1-2-4-10-8-12-11(5-6-13-12)7-9(10)3-1/h1-4,8,11,13H,5-7H2. The highest BCUT2D eigenvalue weighted by molar-refractivity contribution is 5.60. The first-order chi connectivity index (χ1) is 6.43. The second kappa shape index (κ2) is 2.63. The molecule has 1 fully saturated rings. The molecule has 1 unspecified atom stereocenters. The van der Waals surface area contributed by atoms with Crippen LogP contribution in [0.3, 0.4) is 0 Å². The van der Waals surface area contributed by atoms with E-state index < -0.39 is 0 Å². The Morgan fingerprint density at radius 3 is 3.15 bits per heavy atom. The maximum Gasteiger partial charge on any atom is 0.0150 e. The van der Waals surface area contributed by atoms with Crippen molar-refractivity contribution in [3.63, 3.8) is 0 Å². The first-order valence-electron chi connectivity index (χ1n) is 4.97. The Morgan fingerprint density at radius 1 is 1.23 bits per heavy atom. The Hall–Kier alpha value is -1.24. The Labute approximate surface area is 78.5 Å². The summed E-state index contributed by atoms with van der Waals surface area (Å²) < 4.78 is 0. The number of benzene rings is 1. The molecule has 0 bridgehead atoms. The van der Waals surface area contributed by atoms with E-state index in [1.165, 1.54) is 29.7 Å². The van der Waals surface area contributed by atoms with Gasteiger partial charge in [0, 0.05) is 18.2 Å². The van der Waals surface area contributed by atoms with Gasteiger partial charge in [0.1, 0.15) is 0 Å². The van der Waals surface area contributed by atoms with Crippen LogP contribution in [0.15, 0.2) is 30.0 Å². The molecule has 1 nitrogen and oxygen atoms in total. The van der Waals surface area contributed by atoms with Gasteiger partial charge < -0.3 is 5.32 Å². The third-order valence-electron chi connectivity index (χ3n) is 3.09. The van der Waals surface area contributed by atoms with Crippen molar-refractivity contribution in [2.75, 3.05) is 6.54 Å². The highest BCUT2D eigenvalue weighted by Gasteiger charge is 2.24. The van der Waals surface area contributed by atoms with Crippen molar-refractivity contribution in [1.82, 2.24) is 5.32 Å². The zero-order valence-corrected chi connectivity index (χ0v) is 7.59. The van der Waals surface area contributed by atoms with Crippen molar-refractivity contribution in [3.05, 3.63) is 41.1 Å². The van der Waals surface area contributed by atoms with E-state index in [-0.39, 0.29) is 0 Å². The van der Waals surface area contributed by atoms with Gasteiger partial charge in [-0.3, -0.25) is 0 Å². The van der Waals surface area contributed by atoms with Gasteiger partial charge in [0.25, 0.3) is 0 Å². The summed E-state index contributed by atoms with van der Waals surface area (Å²) >= 11 is 0. The quantitative estimate of drug-likeness (QED) is 0.631. The molecule has 0 radical (unpaired) electrons. The van der Waals surface area contributed by atoms with Gasteiger partial charge in [-0.1, -0.05) is 24.3 Å². The number of nitrogens with one attached hydrogen (secondary N) is 1. The summed E-state index contributed by atoms with van der Waals surface area (Å²) in [6.45, 7) is 1.16. The first kappa shape index (κ1) is 7.19. The van der Waals surface area contributed by atoms with Crippen LogP contribution < -0.4 is 5.32 Å². The van der Waals surface area contributed by atoms with Crippen LogP contribution in [0.2, 0.25) is 0 Å². The monoisotopic (exact) mass is 171 g/mol. The summed E-state index contributed by atoms with van der Waals surface area (Å²) in [5.41, 5.74) is 4.38. The van der Waals surface area contributed by atoms with E-state index in [1.54, 1.807) is 0 Å². The molecule has 1 N–H and O–H groups in total. The van der Waals surface area contributed by atoms with Gasteiger partial charge in [-0.25, -0.2) is 0 Å². The van der Waals surface area contributed by atoms with Crippen LogP contribution in [0.4, 0.5) is 0 Å². The molecule has 1 aromatic carbocycles. The van der Waals surface area contributed by atoms with Gasteiger partial charge in [-0.15, -0.1) is 0 Å². The minimum Gasteiger partial charge on any atom is -0.388 e. The molecule has 1 aliphatic heterocycles. The van der Waals surface area contributed by atoms with Gasteiger partial charge in [0.2, 0.25) is 0 Å². The van der Waals surface area contributed by atoms with Crippen molar-refractivity contribution in [2.45, 2.75) is 12.8 Å². The average Bonchev–Trinajstić information content (AvgIpc) is 2.61. The fraction of sp³-hybridized carbons (Fsp3) is 0.333. The van der Waals surface area contributed by atoms with Crippen LogP contribution in [-0.2, 0) is 6.42 Å². The Balaban J connectivity index is 2.10. The molecule has 1 saturated heterocycles. The summed E-state index contributed by atoms with van der Waals surface area (Å²) in [7, 11) is 0. The molecule has 0 spiro atoms. The van der Waals surface area contributed by atoms with E-state index in [2.05, 4.69) is 35.7 Å². The van der Waals surface area contributed by atoms with Crippen molar-refractivity contribution >= 4 is 6.08 Å². The van der Waals surface area contributed by atoms with Crippen LogP contribution in [0.25, 0.3) is 6.08 Å². The van der Waals surface area contributed by atoms with Gasteiger partial charge >= 0.3 is 0 Å². The predicted molar refractivity (Wildman–Crippen MR) is 54.2 cm³/mol. The summed E-state index contributed by atoms with van der Waals surface area (Å²) in [4.78, 5) is 0. The van der Waals surface area contributed by atoms with Gasteiger partial charge in [-0.05, 0) is 30.0 Å². The van der Waals surface area contributed by atoms with E-state index in [9.17, 15) is 0 Å². The molecule has 2 aliphatic rings. The van der Waals surface area contributed by atoms with Gasteiger partial charge in [0.05, 0.1) is 0 Å². The molecule has 13 heavy (non-hydrogen) atoms. The lowest BCUT2D eigenvalue weighted by molar-refractivity contribution is 0.633. The minimum atomic E-state index is 0.773. The van der Waals surface area contributed by atoms with Crippen molar-refractivity contribution in [2.24, 2.45) is 5.92 Å². The van der Waals surface area contributed by atoms with Gasteiger partial charge in [0.15, 0.2) is 0 Å². The lowest BCUT2D eigenvalue weighted by Gasteiger charge is -2.19. The molecule has 1 aromatic rings. The fourth-order valence-corrected chi connectivity index (χ4v) is 2.37. The van der Waals surface area contributed by atoms with Crippen LogP contribution in [-0.4, -0.2) is 6.54 Å². The van der Waals surface area contributed by atoms with Crippen LogP contribution >= 0.6 is 0 Å². The molecule has 1 aliphatic carbocycles. The third kappa shape index (κ3) is 1.07. The van der Waals surface area contributed by atoms with Crippen molar-refractivity contribution in [3.8, 4) is 0 Å². The molecule has 66 valence electrons. The van der Waals surface area contributed by atoms with E-state index in [0.29, 0.717) is 0 Å². The van der Waals surface area contributed by atoms with E-state index in [0.717, 1.165) is 12.5 Å². The SMILES string of the molecule is C1=C2NCCC2Cc2ccccc21. The lowest BCUT2D eigenvalue weighted by atomic mass is 9.87. The molecule has 0 aromatic heterocycles. The smallest absolute Gasteiger partial charge is 0.0150 e. The van der Waals surface area contributed by atoms with Crippen molar-refractivity contribution < 1.29 is 0 Å². The molecular weight excluding hydrogens is 158 g/mol. The Kier molecular flexibility index (Phi) is 1.45. The molecule has 0 amide bonds. The number of fused-ring (bicyclic) bond motifs is 2. The van der Waals surface area contributed by atoms with Crippen LogP contribution in [0, 0.1) is 5.92 Å². The third-order valence-corrected chi connectivity index (χ3v) is 3.09. The summed E-state index contributed by atoms with van der Waals surface area (Å²) in [6.07, 6.45) is 4.85. The van der Waals surface area contributed by atoms with Gasteiger partial charge in [-0.2, -0.15) is 0 Å². The summed E-state index contributed by atoms with van der Waals surface area (Å²) in [5, 5.41) is 3.46. The number of allylic oxidation sites excluding steroid dienone is 1. The molecule has 1 heteroatoms. The van der Waals surface area contributed by atoms with Crippen LogP contribution in [0.5, 0.6) is 0 Å². The molecule has 3 rings (SSSR count). The highest BCUT2D eigenvalue weighted by atomic mass is 14.9. The topological polar surface area (TPSA) is 12.0 Å². The second-order valence-corrected chi connectivity index (χ2v) is 3.91. The Bertz CT molecular complexity index is 365. The number of rotatable bonds is 0. The largest absolute Gasteiger partial charge is 0.388 e. The summed E-state index contributed by atoms with van der Waals surface area (Å²) in [6, 6.07) is 8.71. The maximum atomic E-state index is 3.46. The number of hydrogen-bond acceptors (Lipinski definition) is 1. The second-order valence-electron chi connectivity index (χ2n) is 3.91. The summed E-state index contributed by atoms with van der Waals surface area (Å²) in [5.74, 6) is 0.773. The molecular formula is C12H13N. The predicted octanol–water partition coefficient (Wildman–Crippen LogP) is 2.19. The zero-order chi connectivity index (χ0) is 8.67. The highest BCUT2D eigenvalue weighted by Crippen LogP contribution is 2.31. The normalized spacial score (nSPS) is 24.3. The molecule has 0 saturated carbocycles. The fourth-order valence-electron chi connectivity index (χ4n) is 2.37. The zero-order valence-electron chi connectivity index (χ0n) is 7.59. The van der Waals surface area contributed by atoms with E-state index in [1.807, 2.05) is 0 Å². The van der Waals surface area contributed by atoms with Crippen molar-refractivity contribution in [1.29, 1.82) is 0 Å².